The van der Waals surface area contributed by atoms with Crippen LogP contribution in [-0.4, -0.2) is 26.6 Å². The van der Waals surface area contributed by atoms with Gasteiger partial charge < -0.3 is 5.32 Å². The lowest BCUT2D eigenvalue weighted by molar-refractivity contribution is -0.122. The number of carbonyl (C=O) groups excluding carboxylic acids is 1. The highest BCUT2D eigenvalue weighted by Gasteiger charge is 2.30. The van der Waals surface area contributed by atoms with Crippen molar-refractivity contribution >= 4 is 21.6 Å². The first-order valence-corrected chi connectivity index (χ1v) is 11.2. The van der Waals surface area contributed by atoms with Gasteiger partial charge in [-0.3, -0.25) is 9.10 Å². The van der Waals surface area contributed by atoms with Crippen LogP contribution >= 0.6 is 0 Å². The van der Waals surface area contributed by atoms with Crippen LogP contribution in [0.25, 0.3) is 0 Å². The first kappa shape index (κ1) is 22.0. The molecule has 0 saturated carbocycles. The maximum absolute atomic E-state index is 12.9. The fourth-order valence-corrected chi connectivity index (χ4v) is 4.54. The number of anilines is 1. The van der Waals surface area contributed by atoms with Gasteiger partial charge in [0.05, 0.1) is 18.0 Å². The molecule has 0 aliphatic heterocycles. The Hall–Kier alpha value is -2.34. The molecular formula is C22H30N2O3S. The van der Waals surface area contributed by atoms with Gasteiger partial charge in [0.1, 0.15) is 6.04 Å². The lowest BCUT2D eigenvalue weighted by Crippen LogP contribution is -2.48. The molecule has 152 valence electrons. The second-order valence-electron chi connectivity index (χ2n) is 7.59. The molecule has 1 amide bonds. The summed E-state index contributed by atoms with van der Waals surface area (Å²) >= 11 is 0. The van der Waals surface area contributed by atoms with Crippen molar-refractivity contribution in [2.24, 2.45) is 0 Å². The molecule has 6 heteroatoms. The second kappa shape index (κ2) is 8.35. The average Bonchev–Trinajstić information content (AvgIpc) is 2.58. The monoisotopic (exact) mass is 402 g/mol. The third kappa shape index (κ3) is 4.93. The molecule has 0 aliphatic carbocycles. The van der Waals surface area contributed by atoms with E-state index in [0.29, 0.717) is 5.69 Å². The van der Waals surface area contributed by atoms with Crippen molar-refractivity contribution in [3.05, 3.63) is 64.2 Å². The van der Waals surface area contributed by atoms with Crippen molar-refractivity contribution in [1.82, 2.24) is 5.32 Å². The third-order valence-electron chi connectivity index (χ3n) is 5.08. The Morgan fingerprint density at radius 2 is 1.46 bits per heavy atom. The SMILES string of the molecule is Cc1ccc(N([C@@H](C)C(=O)N[C@H](C)c2cc(C)c(C)cc2C)S(C)(=O)=O)cc1. The van der Waals surface area contributed by atoms with Gasteiger partial charge >= 0.3 is 0 Å². The highest BCUT2D eigenvalue weighted by atomic mass is 32.2. The molecule has 5 nitrogen and oxygen atoms in total. The van der Waals surface area contributed by atoms with Gasteiger partial charge in [0, 0.05) is 0 Å². The maximum Gasteiger partial charge on any atom is 0.244 e. The van der Waals surface area contributed by atoms with Crippen LogP contribution in [0.5, 0.6) is 0 Å². The summed E-state index contributed by atoms with van der Waals surface area (Å²) in [5, 5.41) is 2.97. The minimum Gasteiger partial charge on any atom is -0.348 e. The molecule has 0 heterocycles. The van der Waals surface area contributed by atoms with E-state index in [9.17, 15) is 13.2 Å². The minimum atomic E-state index is -3.62. The van der Waals surface area contributed by atoms with Crippen LogP contribution < -0.4 is 9.62 Å². The number of amides is 1. The molecule has 0 spiro atoms. The Labute approximate surface area is 168 Å². The summed E-state index contributed by atoms with van der Waals surface area (Å²) < 4.78 is 26.0. The van der Waals surface area contributed by atoms with Gasteiger partial charge in [0.2, 0.25) is 15.9 Å². The summed E-state index contributed by atoms with van der Waals surface area (Å²) in [5.41, 5.74) is 5.99. The number of hydrogen-bond donors (Lipinski definition) is 1. The van der Waals surface area contributed by atoms with Crippen molar-refractivity contribution in [3.63, 3.8) is 0 Å². The number of aryl methyl sites for hydroxylation is 4. The van der Waals surface area contributed by atoms with Crippen LogP contribution in [0.15, 0.2) is 36.4 Å². The van der Waals surface area contributed by atoms with E-state index in [1.54, 1.807) is 19.1 Å². The molecule has 0 aliphatic rings. The Balaban J connectivity index is 2.28. The zero-order valence-corrected chi connectivity index (χ0v) is 18.5. The summed E-state index contributed by atoms with van der Waals surface area (Å²) in [4.78, 5) is 12.9. The standard InChI is InChI=1S/C22H30N2O3S/c1-14-8-10-20(11-9-14)24(28(7,26)27)19(6)22(25)23-18(5)21-13-16(3)15(2)12-17(21)4/h8-13,18-19H,1-7H3,(H,23,25)/t18-,19+/m1/s1. The summed E-state index contributed by atoms with van der Waals surface area (Å²) in [7, 11) is -3.62. The molecule has 2 rings (SSSR count). The normalized spacial score (nSPS) is 13.7. The number of benzene rings is 2. The van der Waals surface area contributed by atoms with Gasteiger partial charge in [0.15, 0.2) is 0 Å². The molecule has 2 aromatic rings. The Morgan fingerprint density at radius 3 is 2.00 bits per heavy atom. The summed E-state index contributed by atoms with van der Waals surface area (Å²) in [6.45, 7) is 11.6. The summed E-state index contributed by atoms with van der Waals surface area (Å²) in [6, 6.07) is 10.2. The van der Waals surface area contributed by atoms with Crippen molar-refractivity contribution in [2.75, 3.05) is 10.6 Å². The molecule has 0 saturated heterocycles. The predicted octanol–water partition coefficient (Wildman–Crippen LogP) is 3.95. The van der Waals surface area contributed by atoms with E-state index in [1.807, 2.05) is 39.8 Å². The molecule has 2 atom stereocenters. The van der Waals surface area contributed by atoms with E-state index in [2.05, 4.69) is 24.4 Å². The van der Waals surface area contributed by atoms with Gasteiger partial charge in [0.25, 0.3) is 0 Å². The van der Waals surface area contributed by atoms with Crippen LogP contribution in [0.3, 0.4) is 0 Å². The number of hydrogen-bond acceptors (Lipinski definition) is 3. The number of carbonyl (C=O) groups is 1. The summed E-state index contributed by atoms with van der Waals surface area (Å²) in [5.74, 6) is -0.337. The molecule has 1 N–H and O–H groups in total. The first-order valence-electron chi connectivity index (χ1n) is 9.36. The number of nitrogens with zero attached hydrogens (tertiary/aromatic N) is 1. The van der Waals surface area contributed by atoms with Crippen LogP contribution in [0.4, 0.5) is 5.69 Å². The Kier molecular flexibility index (Phi) is 6.55. The van der Waals surface area contributed by atoms with E-state index in [-0.39, 0.29) is 11.9 Å². The third-order valence-corrected chi connectivity index (χ3v) is 6.33. The molecule has 0 unspecified atom stereocenters. The van der Waals surface area contributed by atoms with Gasteiger partial charge in [-0.15, -0.1) is 0 Å². The van der Waals surface area contributed by atoms with Crippen molar-refractivity contribution in [3.8, 4) is 0 Å². The zero-order chi connectivity index (χ0) is 21.2. The maximum atomic E-state index is 12.9. The summed E-state index contributed by atoms with van der Waals surface area (Å²) in [6.07, 6.45) is 1.12. The number of nitrogens with one attached hydrogen (secondary N) is 1. The fourth-order valence-electron chi connectivity index (χ4n) is 3.36. The predicted molar refractivity (Wildman–Crippen MR) is 115 cm³/mol. The van der Waals surface area contributed by atoms with Gasteiger partial charge in [-0.2, -0.15) is 0 Å². The highest BCUT2D eigenvalue weighted by Crippen LogP contribution is 2.24. The highest BCUT2D eigenvalue weighted by molar-refractivity contribution is 7.92. The zero-order valence-electron chi connectivity index (χ0n) is 17.7. The molecule has 0 aromatic heterocycles. The molecule has 0 bridgehead atoms. The molecule has 0 fully saturated rings. The smallest absolute Gasteiger partial charge is 0.244 e. The van der Waals surface area contributed by atoms with Gasteiger partial charge in [-0.1, -0.05) is 29.8 Å². The second-order valence-corrected chi connectivity index (χ2v) is 9.45. The van der Waals surface area contributed by atoms with E-state index in [4.69, 9.17) is 0 Å². The van der Waals surface area contributed by atoms with Gasteiger partial charge in [-0.25, -0.2) is 8.42 Å². The lowest BCUT2D eigenvalue weighted by Gasteiger charge is -2.29. The Morgan fingerprint density at radius 1 is 0.929 bits per heavy atom. The molecular weight excluding hydrogens is 372 g/mol. The minimum absolute atomic E-state index is 0.228. The van der Waals surface area contributed by atoms with Gasteiger partial charge in [-0.05, 0) is 75.9 Å². The van der Waals surface area contributed by atoms with Crippen LogP contribution in [0, 0.1) is 27.7 Å². The van der Waals surface area contributed by atoms with Crippen molar-refractivity contribution in [2.45, 2.75) is 53.6 Å². The number of rotatable bonds is 6. The van der Waals surface area contributed by atoms with E-state index < -0.39 is 16.1 Å². The van der Waals surface area contributed by atoms with Crippen molar-refractivity contribution in [1.29, 1.82) is 0 Å². The Bertz CT molecular complexity index is 966. The molecule has 2 aromatic carbocycles. The first-order chi connectivity index (χ1) is 12.9. The quantitative estimate of drug-likeness (QED) is 0.795. The van der Waals surface area contributed by atoms with Crippen molar-refractivity contribution < 1.29 is 13.2 Å². The van der Waals surface area contributed by atoms with E-state index >= 15 is 0 Å². The lowest BCUT2D eigenvalue weighted by atomic mass is 9.96. The molecule has 0 radical (unpaired) electrons. The van der Waals surface area contributed by atoms with Crippen LogP contribution in [0.1, 0.15) is 47.7 Å². The largest absolute Gasteiger partial charge is 0.348 e. The van der Waals surface area contributed by atoms with E-state index in [1.165, 1.54) is 9.87 Å². The fraction of sp³-hybridized carbons (Fsp3) is 0.409. The average molecular weight is 403 g/mol. The molecule has 28 heavy (non-hydrogen) atoms. The van der Waals surface area contributed by atoms with Crippen LogP contribution in [-0.2, 0) is 14.8 Å². The topological polar surface area (TPSA) is 66.5 Å². The van der Waals surface area contributed by atoms with Crippen LogP contribution in [0.2, 0.25) is 0 Å². The van der Waals surface area contributed by atoms with E-state index in [0.717, 1.165) is 28.5 Å². The number of sulfonamides is 1.